The number of carboxylic acid groups (broad SMARTS) is 1. The van der Waals surface area contributed by atoms with Crippen molar-refractivity contribution in [1.82, 2.24) is 0 Å². The van der Waals surface area contributed by atoms with E-state index in [-0.39, 0.29) is 17.7 Å². The number of furan rings is 1. The molecule has 0 fully saturated rings. The Labute approximate surface area is 160 Å². The molecule has 140 valence electrons. The summed E-state index contributed by atoms with van der Waals surface area (Å²) >= 11 is 0. The van der Waals surface area contributed by atoms with Crippen LogP contribution in [0.4, 0.5) is 0 Å². The molecule has 0 radical (unpaired) electrons. The minimum absolute atomic E-state index is 0.0496. The highest BCUT2D eigenvalue weighted by Crippen LogP contribution is 2.47. The molecule has 28 heavy (non-hydrogen) atoms. The molecule has 0 aliphatic heterocycles. The van der Waals surface area contributed by atoms with Crippen LogP contribution >= 0.6 is 0 Å². The summed E-state index contributed by atoms with van der Waals surface area (Å²) in [5.41, 5.74) is -0.0627. The molecule has 0 amide bonds. The highest BCUT2D eigenvalue weighted by molar-refractivity contribution is 6.08. The molecule has 4 aromatic rings. The number of carboxylic acids is 1. The second-order valence-corrected chi connectivity index (χ2v) is 7.35. The van der Waals surface area contributed by atoms with Crippen molar-refractivity contribution < 1.29 is 24.5 Å². The average Bonchev–Trinajstić information content (AvgIpc) is 3.21. The number of benzene rings is 3. The van der Waals surface area contributed by atoms with Gasteiger partial charge in [0.15, 0.2) is 5.60 Å². The fourth-order valence-electron chi connectivity index (χ4n) is 4.35. The number of aryl methyl sites for hydroxylation is 1. The Morgan fingerprint density at radius 2 is 1.82 bits per heavy atom. The Bertz CT molecular complexity index is 1240. The molecule has 5 rings (SSSR count). The van der Waals surface area contributed by atoms with Crippen LogP contribution in [0.2, 0.25) is 0 Å². The second-order valence-electron chi connectivity index (χ2n) is 7.35. The Kier molecular flexibility index (Phi) is 3.59. The van der Waals surface area contributed by atoms with Gasteiger partial charge in [0, 0.05) is 0 Å². The average molecular weight is 374 g/mol. The summed E-state index contributed by atoms with van der Waals surface area (Å²) < 4.78 is 5.31. The van der Waals surface area contributed by atoms with Crippen molar-refractivity contribution >= 4 is 27.5 Å². The van der Waals surface area contributed by atoms with Gasteiger partial charge in [-0.15, -0.1) is 0 Å². The Balaban J connectivity index is 1.65. The van der Waals surface area contributed by atoms with E-state index in [0.717, 1.165) is 33.4 Å². The van der Waals surface area contributed by atoms with E-state index in [4.69, 9.17) is 9.52 Å². The Morgan fingerprint density at radius 3 is 2.61 bits per heavy atom. The van der Waals surface area contributed by atoms with Crippen LogP contribution in [0.3, 0.4) is 0 Å². The van der Waals surface area contributed by atoms with Crippen molar-refractivity contribution in [1.29, 1.82) is 0 Å². The number of rotatable bonds is 2. The fourth-order valence-corrected chi connectivity index (χ4v) is 4.35. The molecule has 2 unspecified atom stereocenters. The van der Waals surface area contributed by atoms with Gasteiger partial charge in [0.1, 0.15) is 18.1 Å². The van der Waals surface area contributed by atoms with E-state index in [0.29, 0.717) is 12.0 Å². The topological polar surface area (TPSA) is 90.9 Å². The maximum absolute atomic E-state index is 11.2. The zero-order valence-electron chi connectivity index (χ0n) is 14.9. The molecule has 5 nitrogen and oxygen atoms in total. The van der Waals surface area contributed by atoms with Gasteiger partial charge in [0.25, 0.3) is 0 Å². The SMILES string of the molecule is O=C(O)c1coc(C2(O)CCc3c(ccc4c3ccc3ccccc34)C2O)c1. The lowest BCUT2D eigenvalue weighted by molar-refractivity contribution is -0.108. The van der Waals surface area contributed by atoms with Crippen molar-refractivity contribution in [3.05, 3.63) is 83.3 Å². The maximum Gasteiger partial charge on any atom is 0.338 e. The largest absolute Gasteiger partial charge is 0.478 e. The van der Waals surface area contributed by atoms with Crippen LogP contribution in [0.5, 0.6) is 0 Å². The summed E-state index contributed by atoms with van der Waals surface area (Å²) in [6.45, 7) is 0. The third kappa shape index (κ3) is 2.30. The molecule has 3 aromatic carbocycles. The zero-order chi connectivity index (χ0) is 19.5. The summed E-state index contributed by atoms with van der Waals surface area (Å²) in [6.07, 6.45) is 0.658. The standard InChI is InChI=1S/C23H18O5/c24-21-19-8-7-16-15-4-2-1-3-13(15)5-6-17(16)18(19)9-10-23(21,27)20-11-14(12-28-20)22(25)26/h1-8,11-12,21,24,27H,9-10H2,(H,25,26). The molecule has 2 atom stereocenters. The summed E-state index contributed by atoms with van der Waals surface area (Å²) in [4.78, 5) is 11.1. The van der Waals surface area contributed by atoms with Gasteiger partial charge in [0.05, 0.1) is 5.56 Å². The van der Waals surface area contributed by atoms with E-state index in [1.807, 2.05) is 24.3 Å². The lowest BCUT2D eigenvalue weighted by atomic mass is 9.75. The molecular weight excluding hydrogens is 356 g/mol. The first kappa shape index (κ1) is 17.0. The Hall–Kier alpha value is -3.15. The molecular formula is C23H18O5. The van der Waals surface area contributed by atoms with E-state index in [1.165, 1.54) is 6.07 Å². The molecule has 0 spiro atoms. The monoisotopic (exact) mass is 374 g/mol. The van der Waals surface area contributed by atoms with Crippen molar-refractivity contribution in [2.24, 2.45) is 0 Å². The molecule has 3 N–H and O–H groups in total. The summed E-state index contributed by atoms with van der Waals surface area (Å²) in [5.74, 6) is -1.07. The maximum atomic E-state index is 11.2. The second kappa shape index (κ2) is 5.92. The number of aromatic carboxylic acids is 1. The van der Waals surface area contributed by atoms with E-state index >= 15 is 0 Å². The summed E-state index contributed by atoms with van der Waals surface area (Å²) in [6, 6.07) is 17.4. The van der Waals surface area contributed by atoms with E-state index < -0.39 is 17.7 Å². The molecule has 1 heterocycles. The number of carbonyl (C=O) groups is 1. The molecule has 0 saturated carbocycles. The lowest BCUT2D eigenvalue weighted by Crippen LogP contribution is -2.37. The van der Waals surface area contributed by atoms with Crippen molar-refractivity contribution in [3.63, 3.8) is 0 Å². The van der Waals surface area contributed by atoms with Gasteiger partial charge < -0.3 is 19.7 Å². The smallest absolute Gasteiger partial charge is 0.338 e. The van der Waals surface area contributed by atoms with E-state index in [1.54, 1.807) is 0 Å². The van der Waals surface area contributed by atoms with E-state index in [2.05, 4.69) is 24.3 Å². The third-order valence-corrected chi connectivity index (χ3v) is 5.85. The van der Waals surface area contributed by atoms with Gasteiger partial charge in [-0.25, -0.2) is 4.79 Å². The van der Waals surface area contributed by atoms with Gasteiger partial charge >= 0.3 is 5.97 Å². The van der Waals surface area contributed by atoms with Crippen molar-refractivity contribution in [2.45, 2.75) is 24.5 Å². The molecule has 1 aliphatic rings. The minimum Gasteiger partial charge on any atom is -0.478 e. The van der Waals surface area contributed by atoms with E-state index in [9.17, 15) is 15.0 Å². The Morgan fingerprint density at radius 1 is 1.04 bits per heavy atom. The van der Waals surface area contributed by atoms with Crippen LogP contribution in [-0.4, -0.2) is 21.3 Å². The predicted octanol–water partition coefficient (Wildman–Crippen LogP) is 4.15. The van der Waals surface area contributed by atoms with Gasteiger partial charge in [-0.2, -0.15) is 0 Å². The van der Waals surface area contributed by atoms with Crippen LogP contribution < -0.4 is 0 Å². The molecule has 0 bridgehead atoms. The highest BCUT2D eigenvalue weighted by atomic mass is 16.4. The molecule has 0 saturated heterocycles. The van der Waals surface area contributed by atoms with Crippen LogP contribution in [0, 0.1) is 0 Å². The molecule has 1 aliphatic carbocycles. The zero-order valence-corrected chi connectivity index (χ0v) is 14.9. The molecule has 5 heteroatoms. The number of hydrogen-bond donors (Lipinski definition) is 3. The molecule has 1 aromatic heterocycles. The quantitative estimate of drug-likeness (QED) is 0.459. The first-order valence-electron chi connectivity index (χ1n) is 9.15. The van der Waals surface area contributed by atoms with Crippen LogP contribution in [0.1, 0.15) is 39.8 Å². The van der Waals surface area contributed by atoms with Crippen molar-refractivity contribution in [2.75, 3.05) is 0 Å². The number of fused-ring (bicyclic) bond motifs is 5. The number of hydrogen-bond acceptors (Lipinski definition) is 4. The predicted molar refractivity (Wildman–Crippen MR) is 104 cm³/mol. The third-order valence-electron chi connectivity index (χ3n) is 5.85. The minimum atomic E-state index is -1.66. The number of aliphatic hydroxyl groups is 2. The normalized spacial score (nSPS) is 21.7. The number of aliphatic hydroxyl groups excluding tert-OH is 1. The summed E-state index contributed by atoms with van der Waals surface area (Å²) in [5, 5.41) is 35.7. The van der Waals surface area contributed by atoms with Crippen LogP contribution in [0.15, 0.2) is 65.3 Å². The van der Waals surface area contributed by atoms with Gasteiger partial charge in [-0.3, -0.25) is 0 Å². The first-order valence-corrected chi connectivity index (χ1v) is 9.15. The summed E-state index contributed by atoms with van der Waals surface area (Å²) in [7, 11) is 0. The van der Waals surface area contributed by atoms with Gasteiger partial charge in [-0.1, -0.05) is 48.5 Å². The van der Waals surface area contributed by atoms with Crippen LogP contribution in [-0.2, 0) is 12.0 Å². The lowest BCUT2D eigenvalue weighted by Gasteiger charge is -2.37. The highest BCUT2D eigenvalue weighted by Gasteiger charge is 2.45. The van der Waals surface area contributed by atoms with Crippen molar-refractivity contribution in [3.8, 4) is 0 Å². The van der Waals surface area contributed by atoms with Gasteiger partial charge in [-0.05, 0) is 51.6 Å². The first-order chi connectivity index (χ1) is 13.5. The van der Waals surface area contributed by atoms with Gasteiger partial charge in [0.2, 0.25) is 0 Å². The fraction of sp³-hybridized carbons (Fsp3) is 0.174. The van der Waals surface area contributed by atoms with Crippen LogP contribution in [0.25, 0.3) is 21.5 Å².